The van der Waals surface area contributed by atoms with Crippen LogP contribution in [-0.2, 0) is 38.1 Å². The molecule has 1 rings (SSSR count). The highest BCUT2D eigenvalue weighted by Gasteiger charge is 2.60. The Morgan fingerprint density at radius 3 is 2.07 bits per heavy atom. The predicted molar refractivity (Wildman–Crippen MR) is 86.9 cm³/mol. The molecule has 0 aromatic rings. The van der Waals surface area contributed by atoms with Crippen molar-refractivity contribution in [1.29, 1.82) is 0 Å². The van der Waals surface area contributed by atoms with Crippen molar-refractivity contribution in [2.45, 2.75) is 64.3 Å². The van der Waals surface area contributed by atoms with Gasteiger partial charge in [0.2, 0.25) is 5.91 Å². The Morgan fingerprint density at radius 1 is 1.04 bits per heavy atom. The summed E-state index contributed by atoms with van der Waals surface area (Å²) >= 11 is 0. The first kappa shape index (κ1) is 22.8. The zero-order valence-corrected chi connectivity index (χ0v) is 15.6. The third-order valence-electron chi connectivity index (χ3n) is 3.90. The highest BCUT2D eigenvalue weighted by molar-refractivity contribution is 5.74. The molecule has 0 aliphatic carbocycles. The zero-order valence-electron chi connectivity index (χ0n) is 15.6. The fourth-order valence-electron chi connectivity index (χ4n) is 2.98. The molecule has 0 bridgehead atoms. The van der Waals surface area contributed by atoms with Crippen molar-refractivity contribution in [3.05, 3.63) is 0 Å². The second kappa shape index (κ2) is 9.62. The van der Waals surface area contributed by atoms with Crippen molar-refractivity contribution in [3.8, 4) is 0 Å². The largest absolute Gasteiger partial charge is 0.463 e. The van der Waals surface area contributed by atoms with Gasteiger partial charge in [0, 0.05) is 40.7 Å². The SMILES string of the molecule is CC(=O)N[C@@]1(CCO)[C@H](O)O[C@H](COC(C)=O)[C@@H](OC(C)=O)[C@@H]1OC(C)=O. The van der Waals surface area contributed by atoms with Crippen LogP contribution in [0.4, 0.5) is 0 Å². The van der Waals surface area contributed by atoms with Gasteiger partial charge in [-0.25, -0.2) is 0 Å². The number of aliphatic hydroxyl groups is 2. The van der Waals surface area contributed by atoms with E-state index in [-0.39, 0.29) is 6.42 Å². The maximum Gasteiger partial charge on any atom is 0.303 e. The molecule has 1 amide bonds. The monoisotopic (exact) mass is 391 g/mol. The smallest absolute Gasteiger partial charge is 0.303 e. The van der Waals surface area contributed by atoms with Gasteiger partial charge < -0.3 is 34.5 Å². The lowest BCUT2D eigenvalue weighted by atomic mass is 9.80. The molecule has 0 spiro atoms. The van der Waals surface area contributed by atoms with Gasteiger partial charge in [-0.1, -0.05) is 0 Å². The zero-order chi connectivity index (χ0) is 20.8. The van der Waals surface area contributed by atoms with Gasteiger partial charge in [0.15, 0.2) is 18.5 Å². The minimum absolute atomic E-state index is 0.274. The molecule has 3 N–H and O–H groups in total. The third kappa shape index (κ3) is 5.88. The summed E-state index contributed by atoms with van der Waals surface area (Å²) in [5.74, 6) is -2.80. The minimum atomic E-state index is -1.79. The van der Waals surface area contributed by atoms with Crippen LogP contribution in [0.3, 0.4) is 0 Å². The van der Waals surface area contributed by atoms with Gasteiger partial charge >= 0.3 is 17.9 Å². The summed E-state index contributed by atoms with van der Waals surface area (Å²) in [7, 11) is 0. The van der Waals surface area contributed by atoms with Crippen LogP contribution in [0.15, 0.2) is 0 Å². The average Bonchev–Trinajstić information content (AvgIpc) is 2.51. The number of amides is 1. The molecule has 11 nitrogen and oxygen atoms in total. The van der Waals surface area contributed by atoms with Gasteiger partial charge in [0.1, 0.15) is 18.2 Å². The van der Waals surface area contributed by atoms with Crippen molar-refractivity contribution in [2.75, 3.05) is 13.2 Å². The molecule has 27 heavy (non-hydrogen) atoms. The number of carbonyl (C=O) groups excluding carboxylic acids is 4. The van der Waals surface area contributed by atoms with E-state index >= 15 is 0 Å². The van der Waals surface area contributed by atoms with E-state index in [9.17, 15) is 29.4 Å². The maximum atomic E-state index is 11.7. The average molecular weight is 391 g/mol. The number of hydrogen-bond acceptors (Lipinski definition) is 10. The van der Waals surface area contributed by atoms with Crippen LogP contribution in [-0.4, -0.2) is 77.4 Å². The van der Waals surface area contributed by atoms with E-state index < -0.39 is 67.2 Å². The lowest BCUT2D eigenvalue weighted by molar-refractivity contribution is -0.292. The van der Waals surface area contributed by atoms with E-state index in [1.807, 2.05) is 0 Å². The van der Waals surface area contributed by atoms with E-state index in [1.54, 1.807) is 0 Å². The first-order chi connectivity index (χ1) is 12.5. The molecule has 5 atom stereocenters. The van der Waals surface area contributed by atoms with Crippen LogP contribution >= 0.6 is 0 Å². The van der Waals surface area contributed by atoms with E-state index in [2.05, 4.69) is 5.32 Å². The predicted octanol–water partition coefficient (Wildman–Crippen LogP) is -1.61. The van der Waals surface area contributed by atoms with Crippen LogP contribution in [0.2, 0.25) is 0 Å². The van der Waals surface area contributed by atoms with Gasteiger partial charge in [-0.2, -0.15) is 0 Å². The molecular formula is C16H25NO10. The molecule has 0 saturated carbocycles. The standard InChI is InChI=1S/C16H25NO10/c1-8(19)17-16(5-6-18)14(26-11(4)22)13(25-10(3)21)12(27-15(16)23)7-24-9(2)20/h12-15,18,23H,5-7H2,1-4H3,(H,17,19)/t12-,13-,14+,15-,16-/m1/s1. The Bertz CT molecular complexity index is 580. The van der Waals surface area contributed by atoms with Crippen molar-refractivity contribution in [3.63, 3.8) is 0 Å². The van der Waals surface area contributed by atoms with Gasteiger partial charge in [-0.3, -0.25) is 19.2 Å². The van der Waals surface area contributed by atoms with Crippen LogP contribution in [0.25, 0.3) is 0 Å². The highest BCUT2D eigenvalue weighted by atomic mass is 16.7. The molecular weight excluding hydrogens is 366 g/mol. The third-order valence-corrected chi connectivity index (χ3v) is 3.90. The van der Waals surface area contributed by atoms with Crippen LogP contribution in [0, 0.1) is 0 Å². The van der Waals surface area contributed by atoms with Crippen molar-refractivity contribution in [2.24, 2.45) is 0 Å². The summed E-state index contributed by atoms with van der Waals surface area (Å²) in [4.78, 5) is 46.1. The summed E-state index contributed by atoms with van der Waals surface area (Å²) in [6.07, 6.45) is -5.96. The second-order valence-electron chi connectivity index (χ2n) is 6.13. The summed E-state index contributed by atoms with van der Waals surface area (Å²) in [6, 6.07) is 0. The molecule has 1 heterocycles. The summed E-state index contributed by atoms with van der Waals surface area (Å²) in [6.45, 7) is 3.58. The number of rotatable bonds is 7. The van der Waals surface area contributed by atoms with Crippen molar-refractivity contribution in [1.82, 2.24) is 5.32 Å². The Balaban J connectivity index is 3.40. The van der Waals surface area contributed by atoms with Crippen molar-refractivity contribution >= 4 is 23.8 Å². The minimum Gasteiger partial charge on any atom is -0.463 e. The molecule has 1 aliphatic rings. The fraction of sp³-hybridized carbons (Fsp3) is 0.750. The van der Waals surface area contributed by atoms with Gasteiger partial charge in [-0.15, -0.1) is 0 Å². The lowest BCUT2D eigenvalue weighted by Gasteiger charge is -2.51. The van der Waals surface area contributed by atoms with Crippen LogP contribution < -0.4 is 5.32 Å². The van der Waals surface area contributed by atoms with E-state index in [0.29, 0.717) is 0 Å². The lowest BCUT2D eigenvalue weighted by Crippen LogP contribution is -2.74. The molecule has 1 fully saturated rings. The first-order valence-electron chi connectivity index (χ1n) is 8.24. The number of ether oxygens (including phenoxy) is 4. The molecule has 0 aromatic heterocycles. The Hall–Kier alpha value is -2.24. The van der Waals surface area contributed by atoms with E-state index in [1.165, 1.54) is 0 Å². The first-order valence-corrected chi connectivity index (χ1v) is 8.24. The number of hydrogen-bond donors (Lipinski definition) is 3. The number of aliphatic hydroxyl groups excluding tert-OH is 2. The van der Waals surface area contributed by atoms with Gasteiger partial charge in [-0.05, 0) is 0 Å². The Kier molecular flexibility index (Phi) is 8.13. The molecule has 0 radical (unpaired) electrons. The molecule has 154 valence electrons. The summed E-state index contributed by atoms with van der Waals surface area (Å²) in [5, 5.41) is 22.4. The quantitative estimate of drug-likeness (QED) is 0.340. The Labute approximate surface area is 155 Å². The molecule has 0 unspecified atom stereocenters. The van der Waals surface area contributed by atoms with Gasteiger partial charge in [0.25, 0.3) is 0 Å². The second-order valence-corrected chi connectivity index (χ2v) is 6.13. The van der Waals surface area contributed by atoms with Crippen LogP contribution in [0.1, 0.15) is 34.1 Å². The maximum absolute atomic E-state index is 11.7. The number of esters is 3. The molecule has 1 aliphatic heterocycles. The topological polar surface area (TPSA) is 158 Å². The van der Waals surface area contributed by atoms with Crippen LogP contribution in [0.5, 0.6) is 0 Å². The molecule has 0 aromatic carbocycles. The van der Waals surface area contributed by atoms with Crippen molar-refractivity contribution < 1.29 is 48.3 Å². The number of nitrogens with one attached hydrogen (secondary N) is 1. The number of carbonyl (C=O) groups is 4. The molecule has 1 saturated heterocycles. The normalized spacial score (nSPS) is 30.1. The summed E-state index contributed by atoms with van der Waals surface area (Å²) < 4.78 is 20.7. The summed E-state index contributed by atoms with van der Waals surface area (Å²) in [5.41, 5.74) is -1.79. The molecule has 11 heteroatoms. The van der Waals surface area contributed by atoms with Gasteiger partial charge in [0.05, 0.1) is 0 Å². The van der Waals surface area contributed by atoms with E-state index in [4.69, 9.17) is 18.9 Å². The fourth-order valence-corrected chi connectivity index (χ4v) is 2.98. The van der Waals surface area contributed by atoms with E-state index in [0.717, 1.165) is 27.7 Å². The Morgan fingerprint density at radius 2 is 1.63 bits per heavy atom. The highest BCUT2D eigenvalue weighted by Crippen LogP contribution is 2.36.